The molecule has 1 aromatic rings. The van der Waals surface area contributed by atoms with Crippen LogP contribution in [0.1, 0.15) is 58.4 Å². The van der Waals surface area contributed by atoms with Crippen LogP contribution in [-0.4, -0.2) is 50.8 Å². The number of allylic oxidation sites excluding steroid dienone is 2. The Hall–Kier alpha value is -1.32. The van der Waals surface area contributed by atoms with Gasteiger partial charge in [0.25, 0.3) is 0 Å². The van der Waals surface area contributed by atoms with Crippen molar-refractivity contribution in [3.63, 3.8) is 0 Å². The first-order chi connectivity index (χ1) is 14.0. The summed E-state index contributed by atoms with van der Waals surface area (Å²) in [5, 5.41) is 0. The second kappa shape index (κ2) is 9.22. The Bertz CT molecular complexity index is 691. The van der Waals surface area contributed by atoms with Crippen LogP contribution in [0.25, 0.3) is 5.57 Å². The van der Waals surface area contributed by atoms with E-state index in [0.717, 1.165) is 38.1 Å². The monoisotopic (exact) mass is 396 g/mol. The lowest BCUT2D eigenvalue weighted by Gasteiger charge is -2.39. The van der Waals surface area contributed by atoms with Gasteiger partial charge in [-0.25, -0.2) is 0 Å². The van der Waals surface area contributed by atoms with Crippen LogP contribution in [0.15, 0.2) is 30.3 Å². The molecule has 1 atom stereocenters. The maximum Gasteiger partial charge on any atom is 0.0469 e. The first kappa shape index (κ1) is 20.9. The maximum atomic E-state index is 5.53. The third kappa shape index (κ3) is 5.24. The van der Waals surface area contributed by atoms with E-state index in [2.05, 4.69) is 60.9 Å². The Labute approximate surface area is 178 Å². The molecule has 160 valence electrons. The molecular formula is C26H40N2O. The van der Waals surface area contributed by atoms with Crippen molar-refractivity contribution in [3.8, 4) is 0 Å². The Morgan fingerprint density at radius 2 is 1.69 bits per heavy atom. The van der Waals surface area contributed by atoms with E-state index in [4.69, 9.17) is 4.74 Å². The van der Waals surface area contributed by atoms with Gasteiger partial charge in [-0.1, -0.05) is 45.0 Å². The Balaban J connectivity index is 1.38. The topological polar surface area (TPSA) is 15.7 Å². The number of hydrogen-bond acceptors (Lipinski definition) is 3. The second-order valence-electron chi connectivity index (χ2n) is 10.4. The van der Waals surface area contributed by atoms with Gasteiger partial charge in [0.1, 0.15) is 0 Å². The average Bonchev–Trinajstić information content (AvgIpc) is 2.75. The van der Waals surface area contributed by atoms with Gasteiger partial charge < -0.3 is 9.64 Å². The molecule has 0 N–H and O–H groups in total. The molecule has 1 unspecified atom stereocenters. The van der Waals surface area contributed by atoms with Crippen LogP contribution in [0.3, 0.4) is 0 Å². The van der Waals surface area contributed by atoms with Crippen LogP contribution in [0.4, 0.5) is 5.69 Å². The van der Waals surface area contributed by atoms with Crippen molar-refractivity contribution in [2.45, 2.75) is 52.9 Å². The van der Waals surface area contributed by atoms with Gasteiger partial charge in [0.15, 0.2) is 0 Å². The molecule has 2 saturated heterocycles. The van der Waals surface area contributed by atoms with Crippen LogP contribution >= 0.6 is 0 Å². The molecule has 0 amide bonds. The zero-order chi connectivity index (χ0) is 20.3. The minimum Gasteiger partial charge on any atom is -0.381 e. The number of anilines is 1. The standard InChI is InChI=1S/C26H40N2O/c1-26(2,3)23-10-8-22(9-11-23)24-6-4-5-7-25(24)28-16-14-27(15-17-28)20-21-12-18-29-19-13-21/h4-8,21,23H,9-20H2,1-3H3. The zero-order valence-corrected chi connectivity index (χ0v) is 18.8. The molecule has 2 aliphatic heterocycles. The number of benzene rings is 1. The normalized spacial score (nSPS) is 25.1. The number of para-hydroxylation sites is 1. The van der Waals surface area contributed by atoms with Crippen LogP contribution in [-0.2, 0) is 4.74 Å². The van der Waals surface area contributed by atoms with Crippen LogP contribution < -0.4 is 4.90 Å². The molecule has 3 aliphatic rings. The SMILES string of the molecule is CC(C)(C)C1CC=C(c2ccccc2N2CCN(CC3CCOCC3)CC2)CC1. The first-order valence-corrected chi connectivity index (χ1v) is 11.8. The van der Waals surface area contributed by atoms with Crippen LogP contribution in [0.2, 0.25) is 0 Å². The van der Waals surface area contributed by atoms with Crippen LogP contribution in [0.5, 0.6) is 0 Å². The van der Waals surface area contributed by atoms with E-state index < -0.39 is 0 Å². The maximum absolute atomic E-state index is 5.53. The van der Waals surface area contributed by atoms with Crippen LogP contribution in [0, 0.1) is 17.3 Å². The number of ether oxygens (including phenoxy) is 1. The lowest BCUT2D eigenvalue weighted by molar-refractivity contribution is 0.0517. The third-order valence-electron chi connectivity index (χ3n) is 7.46. The summed E-state index contributed by atoms with van der Waals surface area (Å²) in [5.74, 6) is 1.65. The second-order valence-corrected chi connectivity index (χ2v) is 10.4. The van der Waals surface area contributed by atoms with Gasteiger partial charge in [-0.2, -0.15) is 0 Å². The zero-order valence-electron chi connectivity index (χ0n) is 18.8. The molecule has 0 radical (unpaired) electrons. The van der Waals surface area contributed by atoms with E-state index in [-0.39, 0.29) is 0 Å². The Morgan fingerprint density at radius 3 is 2.34 bits per heavy atom. The summed E-state index contributed by atoms with van der Waals surface area (Å²) in [7, 11) is 0. The molecule has 3 heteroatoms. The summed E-state index contributed by atoms with van der Waals surface area (Å²) in [6.07, 6.45) is 8.80. The molecule has 0 bridgehead atoms. The van der Waals surface area contributed by atoms with Gasteiger partial charge in [-0.3, -0.25) is 4.90 Å². The third-order valence-corrected chi connectivity index (χ3v) is 7.46. The molecule has 3 nitrogen and oxygen atoms in total. The summed E-state index contributed by atoms with van der Waals surface area (Å²) in [4.78, 5) is 5.31. The van der Waals surface area contributed by atoms with Gasteiger partial charge in [0, 0.05) is 57.2 Å². The average molecular weight is 397 g/mol. The molecule has 1 aromatic carbocycles. The number of piperazine rings is 1. The largest absolute Gasteiger partial charge is 0.381 e. The molecule has 0 spiro atoms. The molecule has 29 heavy (non-hydrogen) atoms. The molecule has 2 fully saturated rings. The molecule has 2 heterocycles. The highest BCUT2D eigenvalue weighted by Crippen LogP contribution is 2.41. The van der Waals surface area contributed by atoms with Gasteiger partial charge in [-0.15, -0.1) is 0 Å². The summed E-state index contributed by atoms with van der Waals surface area (Å²) in [6.45, 7) is 15.0. The molecular weight excluding hydrogens is 356 g/mol. The van der Waals surface area contributed by atoms with Crippen molar-refractivity contribution >= 4 is 11.3 Å². The van der Waals surface area contributed by atoms with Gasteiger partial charge in [0.2, 0.25) is 0 Å². The number of hydrogen-bond donors (Lipinski definition) is 0. The molecule has 0 aromatic heterocycles. The quantitative estimate of drug-likeness (QED) is 0.672. The van der Waals surface area contributed by atoms with E-state index >= 15 is 0 Å². The minimum atomic E-state index is 0.419. The Kier molecular flexibility index (Phi) is 6.66. The Morgan fingerprint density at radius 1 is 0.966 bits per heavy atom. The molecule has 4 rings (SSSR count). The lowest BCUT2D eigenvalue weighted by atomic mass is 9.72. The van der Waals surface area contributed by atoms with Gasteiger partial charge in [-0.05, 0) is 61.0 Å². The predicted octanol–water partition coefficient (Wildman–Crippen LogP) is 5.46. The van der Waals surface area contributed by atoms with Crippen molar-refractivity contribution < 1.29 is 4.74 Å². The van der Waals surface area contributed by atoms with Crippen molar-refractivity contribution in [1.29, 1.82) is 0 Å². The molecule has 1 aliphatic carbocycles. The van der Waals surface area contributed by atoms with E-state index in [9.17, 15) is 0 Å². The van der Waals surface area contributed by atoms with E-state index in [1.54, 1.807) is 5.57 Å². The summed E-state index contributed by atoms with van der Waals surface area (Å²) in [5.41, 5.74) is 4.93. The van der Waals surface area contributed by atoms with Crippen molar-refractivity contribution in [2.24, 2.45) is 17.3 Å². The first-order valence-electron chi connectivity index (χ1n) is 11.8. The minimum absolute atomic E-state index is 0.419. The summed E-state index contributed by atoms with van der Waals surface area (Å²) >= 11 is 0. The predicted molar refractivity (Wildman–Crippen MR) is 123 cm³/mol. The van der Waals surface area contributed by atoms with Gasteiger partial charge in [0.05, 0.1) is 0 Å². The van der Waals surface area contributed by atoms with Crippen molar-refractivity contribution in [3.05, 3.63) is 35.9 Å². The van der Waals surface area contributed by atoms with E-state index in [0.29, 0.717) is 5.41 Å². The molecule has 0 saturated carbocycles. The van der Waals surface area contributed by atoms with E-state index in [1.165, 1.54) is 63.0 Å². The highest BCUT2D eigenvalue weighted by molar-refractivity contribution is 5.77. The van der Waals surface area contributed by atoms with Crippen molar-refractivity contribution in [2.75, 3.05) is 50.8 Å². The fourth-order valence-electron chi connectivity index (χ4n) is 5.35. The van der Waals surface area contributed by atoms with E-state index in [1.807, 2.05) is 0 Å². The fourth-order valence-corrected chi connectivity index (χ4v) is 5.35. The highest BCUT2D eigenvalue weighted by atomic mass is 16.5. The van der Waals surface area contributed by atoms with Crippen molar-refractivity contribution in [1.82, 2.24) is 4.90 Å². The lowest BCUT2D eigenvalue weighted by Crippen LogP contribution is -2.48. The summed E-state index contributed by atoms with van der Waals surface area (Å²) < 4.78 is 5.53. The highest BCUT2D eigenvalue weighted by Gasteiger charge is 2.28. The smallest absolute Gasteiger partial charge is 0.0469 e. The number of nitrogens with zero attached hydrogens (tertiary/aromatic N) is 2. The fraction of sp³-hybridized carbons (Fsp3) is 0.692. The number of rotatable bonds is 4. The van der Waals surface area contributed by atoms with Gasteiger partial charge >= 0.3 is 0 Å². The summed E-state index contributed by atoms with van der Waals surface area (Å²) in [6, 6.07) is 9.14.